The van der Waals surface area contributed by atoms with Crippen LogP contribution in [0.15, 0.2) is 30.3 Å². The van der Waals surface area contributed by atoms with Crippen LogP contribution in [0.3, 0.4) is 0 Å². The molecule has 2 unspecified atom stereocenters. The Hall–Kier alpha value is -0.810. The standard InChI is InChI=1S/C19H29N3O.2ClH/c1-15(22(2)14-16-6-4-3-5-7-16)13-21-18(23)17-12-19(17)8-10-20-11-9-19;;/h3-7,15,17,20H,8-14H2,1-2H3,(H,21,23);2*1H. The van der Waals surface area contributed by atoms with E-state index in [2.05, 4.69) is 53.8 Å². The molecule has 2 atom stereocenters. The van der Waals surface area contributed by atoms with Gasteiger partial charge in [0.2, 0.25) is 5.91 Å². The first kappa shape index (κ1) is 22.2. The summed E-state index contributed by atoms with van der Waals surface area (Å²) >= 11 is 0. The van der Waals surface area contributed by atoms with Crippen molar-refractivity contribution in [2.24, 2.45) is 11.3 Å². The summed E-state index contributed by atoms with van der Waals surface area (Å²) in [5, 5.41) is 6.57. The quantitative estimate of drug-likeness (QED) is 0.788. The number of nitrogens with zero attached hydrogens (tertiary/aromatic N) is 1. The van der Waals surface area contributed by atoms with Crippen LogP contribution in [0.1, 0.15) is 31.7 Å². The fourth-order valence-corrected chi connectivity index (χ4v) is 3.75. The normalized spacial score (nSPS) is 21.8. The first-order valence-electron chi connectivity index (χ1n) is 8.83. The summed E-state index contributed by atoms with van der Waals surface area (Å²) in [7, 11) is 2.12. The highest BCUT2D eigenvalue weighted by Gasteiger charge is 2.57. The van der Waals surface area contributed by atoms with E-state index in [0.717, 1.165) is 45.4 Å². The summed E-state index contributed by atoms with van der Waals surface area (Å²) < 4.78 is 0. The van der Waals surface area contributed by atoms with Crippen LogP contribution in [-0.4, -0.2) is 43.5 Å². The fraction of sp³-hybridized carbons (Fsp3) is 0.632. The highest BCUT2D eigenvalue weighted by Crippen LogP contribution is 2.58. The van der Waals surface area contributed by atoms with Crippen molar-refractivity contribution < 1.29 is 4.79 Å². The maximum absolute atomic E-state index is 12.4. The predicted octanol–water partition coefficient (Wildman–Crippen LogP) is 2.86. The summed E-state index contributed by atoms with van der Waals surface area (Å²) in [6, 6.07) is 10.8. The molecule has 1 saturated carbocycles. The minimum atomic E-state index is 0. The van der Waals surface area contributed by atoms with E-state index in [4.69, 9.17) is 0 Å². The van der Waals surface area contributed by atoms with E-state index in [1.165, 1.54) is 5.56 Å². The van der Waals surface area contributed by atoms with E-state index in [0.29, 0.717) is 11.5 Å². The summed E-state index contributed by atoms with van der Waals surface area (Å²) in [6.45, 7) is 5.96. The Kier molecular flexibility index (Phi) is 8.69. The molecule has 1 saturated heterocycles. The Balaban J connectivity index is 0.00000156. The van der Waals surface area contributed by atoms with Crippen LogP contribution in [0.5, 0.6) is 0 Å². The zero-order valence-corrected chi connectivity index (χ0v) is 16.8. The highest BCUT2D eigenvalue weighted by molar-refractivity contribution is 5.85. The van der Waals surface area contributed by atoms with Crippen LogP contribution in [0.2, 0.25) is 0 Å². The van der Waals surface area contributed by atoms with Gasteiger partial charge in [0.25, 0.3) is 0 Å². The molecule has 1 aromatic rings. The lowest BCUT2D eigenvalue weighted by molar-refractivity contribution is -0.123. The first-order chi connectivity index (χ1) is 11.1. The molecule has 0 radical (unpaired) electrons. The van der Waals surface area contributed by atoms with E-state index in [9.17, 15) is 4.79 Å². The second kappa shape index (κ2) is 9.77. The first-order valence-corrected chi connectivity index (χ1v) is 8.83. The molecular formula is C19H31Cl2N3O. The maximum Gasteiger partial charge on any atom is 0.223 e. The van der Waals surface area contributed by atoms with Crippen LogP contribution in [0, 0.1) is 11.3 Å². The number of benzene rings is 1. The van der Waals surface area contributed by atoms with Crippen molar-refractivity contribution >= 4 is 30.7 Å². The molecule has 6 heteroatoms. The highest BCUT2D eigenvalue weighted by atomic mass is 35.5. The summed E-state index contributed by atoms with van der Waals surface area (Å²) in [6.07, 6.45) is 3.41. The summed E-state index contributed by atoms with van der Waals surface area (Å²) in [5.74, 6) is 0.531. The molecule has 2 aliphatic rings. The SMILES string of the molecule is CC(CNC(=O)C1CC12CCNCC2)N(C)Cc1ccccc1.Cl.Cl. The van der Waals surface area contributed by atoms with Gasteiger partial charge in [-0.05, 0) is 57.3 Å². The second-order valence-corrected chi connectivity index (χ2v) is 7.36. The molecule has 1 heterocycles. The smallest absolute Gasteiger partial charge is 0.223 e. The number of hydrogen-bond donors (Lipinski definition) is 2. The van der Waals surface area contributed by atoms with E-state index in [1.807, 2.05) is 6.07 Å². The van der Waals surface area contributed by atoms with Gasteiger partial charge in [0.15, 0.2) is 0 Å². The Morgan fingerprint density at radius 3 is 2.56 bits per heavy atom. The molecule has 1 aliphatic carbocycles. The zero-order valence-electron chi connectivity index (χ0n) is 15.2. The van der Waals surface area contributed by atoms with Crippen molar-refractivity contribution in [1.29, 1.82) is 0 Å². The average Bonchev–Trinajstić information content (AvgIpc) is 3.27. The van der Waals surface area contributed by atoms with Gasteiger partial charge in [0, 0.05) is 25.0 Å². The van der Waals surface area contributed by atoms with Crippen molar-refractivity contribution in [2.75, 3.05) is 26.7 Å². The number of carbonyl (C=O) groups is 1. The number of piperidine rings is 1. The lowest BCUT2D eigenvalue weighted by Gasteiger charge is -2.26. The van der Waals surface area contributed by atoms with Gasteiger partial charge in [-0.15, -0.1) is 24.8 Å². The van der Waals surface area contributed by atoms with Gasteiger partial charge in [0.1, 0.15) is 0 Å². The van der Waals surface area contributed by atoms with E-state index in [-0.39, 0.29) is 36.6 Å². The van der Waals surface area contributed by atoms with Gasteiger partial charge in [-0.2, -0.15) is 0 Å². The van der Waals surface area contributed by atoms with Crippen molar-refractivity contribution in [1.82, 2.24) is 15.5 Å². The molecule has 4 nitrogen and oxygen atoms in total. The number of rotatable bonds is 6. The Morgan fingerprint density at radius 2 is 1.92 bits per heavy atom. The molecule has 3 rings (SSSR count). The maximum atomic E-state index is 12.4. The van der Waals surface area contributed by atoms with Crippen LogP contribution in [0.4, 0.5) is 0 Å². The third kappa shape index (κ3) is 5.58. The number of hydrogen-bond acceptors (Lipinski definition) is 3. The van der Waals surface area contributed by atoms with Gasteiger partial charge >= 0.3 is 0 Å². The molecule has 142 valence electrons. The van der Waals surface area contributed by atoms with Crippen LogP contribution in [0.25, 0.3) is 0 Å². The minimum Gasteiger partial charge on any atom is -0.354 e. The Morgan fingerprint density at radius 1 is 1.28 bits per heavy atom. The molecule has 1 spiro atoms. The van der Waals surface area contributed by atoms with Gasteiger partial charge in [0.05, 0.1) is 0 Å². The van der Waals surface area contributed by atoms with Crippen LogP contribution < -0.4 is 10.6 Å². The molecular weight excluding hydrogens is 357 g/mol. The molecule has 0 aromatic heterocycles. The number of halogens is 2. The third-order valence-corrected chi connectivity index (χ3v) is 5.70. The van der Waals surface area contributed by atoms with Crippen molar-refractivity contribution in [2.45, 2.75) is 38.8 Å². The molecule has 1 amide bonds. The number of amides is 1. The topological polar surface area (TPSA) is 44.4 Å². The second-order valence-electron chi connectivity index (χ2n) is 7.36. The van der Waals surface area contributed by atoms with Gasteiger partial charge in [-0.25, -0.2) is 0 Å². The predicted molar refractivity (Wildman–Crippen MR) is 108 cm³/mol. The Bertz CT molecular complexity index is 535. The molecule has 2 N–H and O–H groups in total. The van der Waals surface area contributed by atoms with Gasteiger partial charge in [-0.1, -0.05) is 30.3 Å². The molecule has 0 bridgehead atoms. The average molecular weight is 388 g/mol. The van der Waals surface area contributed by atoms with Crippen LogP contribution in [-0.2, 0) is 11.3 Å². The van der Waals surface area contributed by atoms with Crippen molar-refractivity contribution in [3.8, 4) is 0 Å². The summed E-state index contributed by atoms with van der Waals surface area (Å²) in [5.41, 5.74) is 1.64. The van der Waals surface area contributed by atoms with Gasteiger partial charge < -0.3 is 10.6 Å². The minimum absolute atomic E-state index is 0. The largest absolute Gasteiger partial charge is 0.354 e. The fourth-order valence-electron chi connectivity index (χ4n) is 3.75. The molecule has 1 aliphatic heterocycles. The molecule has 2 fully saturated rings. The van der Waals surface area contributed by atoms with Crippen molar-refractivity contribution in [3.05, 3.63) is 35.9 Å². The van der Waals surface area contributed by atoms with E-state index >= 15 is 0 Å². The molecule has 25 heavy (non-hydrogen) atoms. The van der Waals surface area contributed by atoms with E-state index in [1.54, 1.807) is 0 Å². The Labute approximate surface area is 163 Å². The summed E-state index contributed by atoms with van der Waals surface area (Å²) in [4.78, 5) is 14.7. The number of nitrogens with one attached hydrogen (secondary N) is 2. The van der Waals surface area contributed by atoms with Gasteiger partial charge in [-0.3, -0.25) is 9.69 Å². The third-order valence-electron chi connectivity index (χ3n) is 5.70. The lowest BCUT2D eigenvalue weighted by Crippen LogP contribution is -2.41. The number of likely N-dealkylation sites (N-methyl/N-ethyl adjacent to an activating group) is 1. The van der Waals surface area contributed by atoms with Crippen molar-refractivity contribution in [3.63, 3.8) is 0 Å². The molecule has 1 aromatic carbocycles. The lowest BCUT2D eigenvalue weighted by atomic mass is 9.92. The van der Waals surface area contributed by atoms with E-state index < -0.39 is 0 Å². The number of carbonyl (C=O) groups excluding carboxylic acids is 1. The monoisotopic (exact) mass is 387 g/mol. The zero-order chi connectivity index (χ0) is 16.3. The van der Waals surface area contributed by atoms with Crippen LogP contribution >= 0.6 is 24.8 Å².